The first kappa shape index (κ1) is 55.6. The first-order chi connectivity index (χ1) is 39.1. The van der Waals surface area contributed by atoms with Crippen LogP contribution in [0.4, 0.5) is 0 Å². The van der Waals surface area contributed by atoms with Crippen molar-refractivity contribution in [2.75, 3.05) is 6.61 Å². The van der Waals surface area contributed by atoms with Crippen LogP contribution in [0.2, 0.25) is 0 Å². The van der Waals surface area contributed by atoms with E-state index in [1.54, 1.807) is 0 Å². The van der Waals surface area contributed by atoms with Gasteiger partial charge in [-0.2, -0.15) is 0 Å². The summed E-state index contributed by atoms with van der Waals surface area (Å²) in [4.78, 5) is 0. The normalized spacial score (nSPS) is 24.0. The molecule has 1 heterocycles. The standard InChI is InChI=1S/C68H70O11/c69-59-61(72-43-52-29-13-3-14-30-52)64(75-46-55-35-19-6-20-36-55)66(65(76-47-56-37-21-7-22-38-56)62(59)73-44-53-31-15-4-16-32-53)79-68-67(77-48-57-39-23-8-24-40-57)63(74-45-54-33-17-5-18-34-54)60(71-42-51-27-11-2-12-28-51)58(78-68)49-70-41-50-25-9-1-10-26-50/h1-40,58-69H,41-49H2/t58-,59?,60-,61-,62-,63+,64-,65+,66?,67+,68-/m1/s1. The fraction of sp³-hybridized carbons (Fsp3) is 0.294. The third-order valence-corrected chi connectivity index (χ3v) is 14.2. The molecule has 0 radical (unpaired) electrons. The number of aliphatic hydroxyl groups excluding tert-OH is 1. The van der Waals surface area contributed by atoms with Crippen LogP contribution in [0.3, 0.4) is 0 Å². The molecule has 8 aromatic carbocycles. The van der Waals surface area contributed by atoms with Crippen LogP contribution in [0.25, 0.3) is 0 Å². The Balaban J connectivity index is 1.08. The summed E-state index contributed by atoms with van der Waals surface area (Å²) in [5.41, 5.74) is 7.57. The van der Waals surface area contributed by atoms with Crippen LogP contribution >= 0.6 is 0 Å². The minimum Gasteiger partial charge on any atom is -0.387 e. The second-order valence-corrected chi connectivity index (χ2v) is 20.0. The zero-order valence-electron chi connectivity index (χ0n) is 44.3. The van der Waals surface area contributed by atoms with E-state index in [-0.39, 0.29) is 52.9 Å². The molecule has 1 aliphatic heterocycles. The van der Waals surface area contributed by atoms with Gasteiger partial charge in [0.25, 0.3) is 0 Å². The third-order valence-electron chi connectivity index (χ3n) is 14.2. The Morgan fingerprint density at radius 1 is 0.266 bits per heavy atom. The van der Waals surface area contributed by atoms with Crippen molar-refractivity contribution in [2.24, 2.45) is 0 Å². The van der Waals surface area contributed by atoms with E-state index in [1.165, 1.54) is 0 Å². The van der Waals surface area contributed by atoms with Gasteiger partial charge in [-0.3, -0.25) is 0 Å². The summed E-state index contributed by atoms with van der Waals surface area (Å²) in [5.74, 6) is 0. The summed E-state index contributed by atoms with van der Waals surface area (Å²) < 4.78 is 71.0. The molecule has 1 aliphatic carbocycles. The lowest BCUT2D eigenvalue weighted by Gasteiger charge is -2.51. The molecule has 10 rings (SSSR count). The number of benzene rings is 8. The van der Waals surface area contributed by atoms with E-state index in [9.17, 15) is 5.11 Å². The fourth-order valence-electron chi connectivity index (χ4n) is 10.1. The smallest absolute Gasteiger partial charge is 0.187 e. The molecule has 2 aliphatic rings. The predicted molar refractivity (Wildman–Crippen MR) is 301 cm³/mol. The minimum absolute atomic E-state index is 0.113. The van der Waals surface area contributed by atoms with Crippen LogP contribution in [-0.4, -0.2) is 79.0 Å². The summed E-state index contributed by atoms with van der Waals surface area (Å²) >= 11 is 0. The first-order valence-electron chi connectivity index (χ1n) is 27.3. The van der Waals surface area contributed by atoms with Gasteiger partial charge in [0, 0.05) is 0 Å². The van der Waals surface area contributed by atoms with Gasteiger partial charge in [-0.05, 0) is 44.5 Å². The average molecular weight is 1060 g/mol. The van der Waals surface area contributed by atoms with Crippen molar-refractivity contribution in [3.8, 4) is 0 Å². The highest BCUT2D eigenvalue weighted by molar-refractivity contribution is 5.20. The molecule has 11 nitrogen and oxygen atoms in total. The van der Waals surface area contributed by atoms with Crippen molar-refractivity contribution in [2.45, 2.75) is 120 Å². The lowest BCUT2D eigenvalue weighted by molar-refractivity contribution is -0.364. The van der Waals surface area contributed by atoms with Crippen molar-refractivity contribution in [3.63, 3.8) is 0 Å². The van der Waals surface area contributed by atoms with E-state index in [0.717, 1.165) is 44.5 Å². The van der Waals surface area contributed by atoms with Gasteiger partial charge in [0.1, 0.15) is 61.0 Å². The van der Waals surface area contributed by atoms with Crippen molar-refractivity contribution in [3.05, 3.63) is 287 Å². The Labute approximate surface area is 464 Å². The molecule has 79 heavy (non-hydrogen) atoms. The van der Waals surface area contributed by atoms with Crippen molar-refractivity contribution in [1.29, 1.82) is 0 Å². The van der Waals surface area contributed by atoms with Crippen LogP contribution < -0.4 is 0 Å². The maximum Gasteiger partial charge on any atom is 0.187 e. The highest BCUT2D eigenvalue weighted by Crippen LogP contribution is 2.39. The van der Waals surface area contributed by atoms with Crippen LogP contribution in [0.15, 0.2) is 243 Å². The Morgan fingerprint density at radius 3 is 0.810 bits per heavy atom. The van der Waals surface area contributed by atoms with E-state index < -0.39 is 67.3 Å². The number of ether oxygens (including phenoxy) is 10. The highest BCUT2D eigenvalue weighted by Gasteiger charge is 2.57. The van der Waals surface area contributed by atoms with Crippen molar-refractivity contribution >= 4 is 0 Å². The molecular formula is C68H70O11. The largest absolute Gasteiger partial charge is 0.387 e. The van der Waals surface area contributed by atoms with Crippen molar-refractivity contribution in [1.82, 2.24) is 0 Å². The maximum absolute atomic E-state index is 13.0. The fourth-order valence-corrected chi connectivity index (χ4v) is 10.1. The lowest BCUT2D eigenvalue weighted by atomic mass is 9.83. The molecule has 1 saturated carbocycles. The first-order valence-corrected chi connectivity index (χ1v) is 27.3. The van der Waals surface area contributed by atoms with E-state index in [2.05, 4.69) is 0 Å². The third kappa shape index (κ3) is 16.0. The van der Waals surface area contributed by atoms with Crippen LogP contribution in [0.5, 0.6) is 0 Å². The highest BCUT2D eigenvalue weighted by atomic mass is 16.7. The second kappa shape index (κ2) is 29.5. The molecule has 0 aromatic heterocycles. The monoisotopic (exact) mass is 1060 g/mol. The zero-order valence-corrected chi connectivity index (χ0v) is 44.3. The van der Waals surface area contributed by atoms with Gasteiger partial charge >= 0.3 is 0 Å². The zero-order chi connectivity index (χ0) is 53.7. The molecular weight excluding hydrogens is 993 g/mol. The van der Waals surface area contributed by atoms with Crippen LogP contribution in [-0.2, 0) is 100 Å². The Kier molecular flexibility index (Phi) is 20.8. The summed E-state index contributed by atoms with van der Waals surface area (Å²) in [6, 6.07) is 79.8. The Bertz CT molecular complexity index is 2810. The SMILES string of the molecule is OC1[C@@H](OCc2ccccc2)[C@H](OCc2ccccc2)C(O[C@H]2O[C@H](COCc3ccccc3)[C@@H](OCc3ccccc3)[C@H](OCc3ccccc3)[C@@H]2OCc2ccccc2)[C@H](OCc2ccccc2)[C@@H]1OCc1ccccc1. The second-order valence-electron chi connectivity index (χ2n) is 20.0. The van der Waals surface area contributed by atoms with Gasteiger partial charge in [-0.15, -0.1) is 0 Å². The Hall–Kier alpha value is -6.68. The van der Waals surface area contributed by atoms with Crippen LogP contribution in [0.1, 0.15) is 44.5 Å². The van der Waals surface area contributed by atoms with Gasteiger partial charge in [0.15, 0.2) is 6.29 Å². The maximum atomic E-state index is 13.0. The summed E-state index contributed by atoms with van der Waals surface area (Å²) in [5, 5.41) is 13.0. The van der Waals surface area contributed by atoms with Crippen LogP contribution in [0, 0.1) is 0 Å². The number of hydrogen-bond donors (Lipinski definition) is 1. The molecule has 1 saturated heterocycles. The van der Waals surface area contributed by atoms with Gasteiger partial charge in [0.2, 0.25) is 0 Å². The number of aliphatic hydroxyl groups is 1. The summed E-state index contributed by atoms with van der Waals surface area (Å²) in [7, 11) is 0. The topological polar surface area (TPSA) is 113 Å². The molecule has 1 N–H and O–H groups in total. The molecule has 0 bridgehead atoms. The average Bonchev–Trinajstić information content (AvgIpc) is 3.67. The molecule has 0 amide bonds. The predicted octanol–water partition coefficient (Wildman–Crippen LogP) is 11.8. The summed E-state index contributed by atoms with van der Waals surface area (Å²) in [6.07, 6.45) is -10.6. The van der Waals surface area contributed by atoms with E-state index in [0.29, 0.717) is 6.61 Å². The number of rotatable bonds is 27. The van der Waals surface area contributed by atoms with Gasteiger partial charge in [-0.25, -0.2) is 0 Å². The van der Waals surface area contributed by atoms with E-state index in [4.69, 9.17) is 47.4 Å². The van der Waals surface area contributed by atoms with Gasteiger partial charge in [0.05, 0.1) is 59.5 Å². The van der Waals surface area contributed by atoms with E-state index >= 15 is 0 Å². The Morgan fingerprint density at radius 2 is 0.506 bits per heavy atom. The van der Waals surface area contributed by atoms with Gasteiger partial charge in [-0.1, -0.05) is 243 Å². The van der Waals surface area contributed by atoms with E-state index in [1.807, 2.05) is 243 Å². The lowest BCUT2D eigenvalue weighted by Crippen LogP contribution is -2.69. The molecule has 11 heteroatoms. The number of hydrogen-bond acceptors (Lipinski definition) is 11. The molecule has 2 fully saturated rings. The molecule has 0 spiro atoms. The molecule has 11 atom stereocenters. The summed E-state index contributed by atoms with van der Waals surface area (Å²) in [6.45, 7) is 1.79. The molecule has 8 aromatic rings. The quantitative estimate of drug-likeness (QED) is 0.0531. The van der Waals surface area contributed by atoms with Gasteiger partial charge < -0.3 is 52.5 Å². The molecule has 2 unspecified atom stereocenters. The van der Waals surface area contributed by atoms with Crippen molar-refractivity contribution < 1.29 is 52.5 Å². The minimum atomic E-state index is -1.26. The molecule has 408 valence electrons.